The summed E-state index contributed by atoms with van der Waals surface area (Å²) in [4.78, 5) is 12.2. The van der Waals surface area contributed by atoms with Crippen LogP contribution < -0.4 is 5.32 Å². The van der Waals surface area contributed by atoms with Crippen LogP contribution in [0.4, 0.5) is 5.82 Å². The first-order valence-electron chi connectivity index (χ1n) is 7.12. The number of aromatic nitrogens is 2. The molecule has 0 unspecified atom stereocenters. The van der Waals surface area contributed by atoms with Gasteiger partial charge in [-0.3, -0.25) is 9.89 Å². The topological polar surface area (TPSA) is 57.8 Å². The number of H-pyrrole nitrogens is 1. The zero-order valence-electron chi connectivity index (χ0n) is 12.6. The minimum Gasteiger partial charge on any atom is -0.305 e. The van der Waals surface area contributed by atoms with E-state index in [1.807, 2.05) is 56.3 Å². The molecule has 110 valence electrons. The fourth-order valence-electron chi connectivity index (χ4n) is 2.32. The molecular formula is C18H17N3O. The summed E-state index contributed by atoms with van der Waals surface area (Å²) < 4.78 is 0. The maximum absolute atomic E-state index is 12.2. The van der Waals surface area contributed by atoms with Crippen LogP contribution >= 0.6 is 0 Å². The molecule has 1 heterocycles. The monoisotopic (exact) mass is 291 g/mol. The van der Waals surface area contributed by atoms with Gasteiger partial charge in [0.1, 0.15) is 0 Å². The molecular weight excluding hydrogens is 274 g/mol. The summed E-state index contributed by atoms with van der Waals surface area (Å²) in [5.41, 5.74) is 4.78. The first kappa shape index (κ1) is 14.1. The van der Waals surface area contributed by atoms with E-state index in [-0.39, 0.29) is 5.91 Å². The van der Waals surface area contributed by atoms with Gasteiger partial charge in [-0.05, 0) is 37.6 Å². The van der Waals surface area contributed by atoms with Crippen LogP contribution in [0.25, 0.3) is 11.3 Å². The highest BCUT2D eigenvalue weighted by Crippen LogP contribution is 2.21. The van der Waals surface area contributed by atoms with Crippen LogP contribution in [0.5, 0.6) is 0 Å². The van der Waals surface area contributed by atoms with Gasteiger partial charge in [-0.2, -0.15) is 5.10 Å². The van der Waals surface area contributed by atoms with E-state index < -0.39 is 0 Å². The summed E-state index contributed by atoms with van der Waals surface area (Å²) in [7, 11) is 0. The molecule has 0 radical (unpaired) electrons. The molecule has 1 aromatic heterocycles. The van der Waals surface area contributed by atoms with Crippen molar-refractivity contribution in [2.45, 2.75) is 13.8 Å². The van der Waals surface area contributed by atoms with E-state index in [2.05, 4.69) is 21.6 Å². The molecule has 3 rings (SSSR count). The SMILES string of the molecule is Cc1cccc(C(=O)Nc2cc(-c3cccc(C)c3)[nH]n2)c1. The van der Waals surface area contributed by atoms with Gasteiger partial charge in [0.2, 0.25) is 0 Å². The number of benzene rings is 2. The predicted octanol–water partition coefficient (Wildman–Crippen LogP) is 3.95. The van der Waals surface area contributed by atoms with Crippen LogP contribution in [0, 0.1) is 13.8 Å². The lowest BCUT2D eigenvalue weighted by molar-refractivity contribution is 0.102. The molecule has 2 N–H and O–H groups in total. The molecule has 0 saturated heterocycles. The van der Waals surface area contributed by atoms with Gasteiger partial charge >= 0.3 is 0 Å². The third kappa shape index (κ3) is 3.06. The Bertz CT molecular complexity index is 820. The number of carbonyl (C=O) groups is 1. The van der Waals surface area contributed by atoms with E-state index in [1.54, 1.807) is 6.07 Å². The molecule has 0 aliphatic carbocycles. The largest absolute Gasteiger partial charge is 0.305 e. The van der Waals surface area contributed by atoms with Crippen LogP contribution in [0.2, 0.25) is 0 Å². The Kier molecular flexibility index (Phi) is 3.74. The smallest absolute Gasteiger partial charge is 0.256 e. The van der Waals surface area contributed by atoms with Crippen LogP contribution in [-0.2, 0) is 0 Å². The van der Waals surface area contributed by atoms with Gasteiger partial charge in [-0.25, -0.2) is 0 Å². The molecule has 0 spiro atoms. The first-order valence-corrected chi connectivity index (χ1v) is 7.12. The molecule has 0 fully saturated rings. The van der Waals surface area contributed by atoms with Gasteiger partial charge in [0, 0.05) is 11.6 Å². The normalized spacial score (nSPS) is 10.5. The number of carbonyl (C=O) groups excluding carboxylic acids is 1. The number of aromatic amines is 1. The van der Waals surface area contributed by atoms with Crippen molar-refractivity contribution in [3.63, 3.8) is 0 Å². The summed E-state index contributed by atoms with van der Waals surface area (Å²) in [6.07, 6.45) is 0. The third-order valence-electron chi connectivity index (χ3n) is 3.43. The highest BCUT2D eigenvalue weighted by Gasteiger charge is 2.09. The highest BCUT2D eigenvalue weighted by molar-refractivity contribution is 6.04. The Morgan fingerprint density at radius 3 is 2.45 bits per heavy atom. The average molecular weight is 291 g/mol. The molecule has 2 aromatic carbocycles. The fraction of sp³-hybridized carbons (Fsp3) is 0.111. The van der Waals surface area contributed by atoms with Crippen LogP contribution in [-0.4, -0.2) is 16.1 Å². The van der Waals surface area contributed by atoms with Crippen molar-refractivity contribution in [3.8, 4) is 11.3 Å². The number of hydrogen-bond donors (Lipinski definition) is 2. The second kappa shape index (κ2) is 5.85. The van der Waals surface area contributed by atoms with Gasteiger partial charge < -0.3 is 5.32 Å². The Labute approximate surface area is 129 Å². The van der Waals surface area contributed by atoms with Crippen molar-refractivity contribution in [3.05, 3.63) is 71.3 Å². The van der Waals surface area contributed by atoms with Crippen molar-refractivity contribution in [2.24, 2.45) is 0 Å². The molecule has 0 saturated carbocycles. The zero-order chi connectivity index (χ0) is 15.5. The second-order valence-corrected chi connectivity index (χ2v) is 5.36. The van der Waals surface area contributed by atoms with E-state index >= 15 is 0 Å². The maximum atomic E-state index is 12.2. The number of aryl methyl sites for hydroxylation is 2. The quantitative estimate of drug-likeness (QED) is 0.767. The van der Waals surface area contributed by atoms with Gasteiger partial charge in [0.25, 0.3) is 5.91 Å². The molecule has 0 aliphatic heterocycles. The lowest BCUT2D eigenvalue weighted by Gasteiger charge is -2.02. The highest BCUT2D eigenvalue weighted by atomic mass is 16.1. The van der Waals surface area contributed by atoms with Gasteiger partial charge in [0.05, 0.1) is 5.69 Å². The van der Waals surface area contributed by atoms with Gasteiger partial charge in [0.15, 0.2) is 5.82 Å². The van der Waals surface area contributed by atoms with E-state index in [9.17, 15) is 4.79 Å². The molecule has 22 heavy (non-hydrogen) atoms. The summed E-state index contributed by atoms with van der Waals surface area (Å²) in [6.45, 7) is 4.00. The van der Waals surface area contributed by atoms with Crippen molar-refractivity contribution < 1.29 is 4.79 Å². The first-order chi connectivity index (χ1) is 10.6. The predicted molar refractivity (Wildman–Crippen MR) is 87.9 cm³/mol. The van der Waals surface area contributed by atoms with Crippen LogP contribution in [0.15, 0.2) is 54.6 Å². The molecule has 1 amide bonds. The minimum atomic E-state index is -0.161. The molecule has 4 heteroatoms. The lowest BCUT2D eigenvalue weighted by atomic mass is 10.1. The van der Waals surface area contributed by atoms with Crippen molar-refractivity contribution >= 4 is 11.7 Å². The third-order valence-corrected chi connectivity index (χ3v) is 3.43. The Morgan fingerprint density at radius 2 is 1.73 bits per heavy atom. The van der Waals surface area contributed by atoms with E-state index in [0.29, 0.717) is 11.4 Å². The van der Waals surface area contributed by atoms with E-state index in [4.69, 9.17) is 0 Å². The number of rotatable bonds is 3. The molecule has 3 aromatic rings. The summed E-state index contributed by atoms with van der Waals surface area (Å²) >= 11 is 0. The van der Waals surface area contributed by atoms with Crippen LogP contribution in [0.3, 0.4) is 0 Å². The molecule has 0 bridgehead atoms. The fourth-order valence-corrected chi connectivity index (χ4v) is 2.32. The molecule has 4 nitrogen and oxygen atoms in total. The van der Waals surface area contributed by atoms with Gasteiger partial charge in [-0.15, -0.1) is 0 Å². The van der Waals surface area contributed by atoms with Crippen molar-refractivity contribution in [1.29, 1.82) is 0 Å². The lowest BCUT2D eigenvalue weighted by Crippen LogP contribution is -2.12. The van der Waals surface area contributed by atoms with E-state index in [0.717, 1.165) is 16.8 Å². The summed E-state index contributed by atoms with van der Waals surface area (Å²) in [6, 6.07) is 17.4. The number of nitrogens with zero attached hydrogens (tertiary/aromatic N) is 1. The van der Waals surface area contributed by atoms with E-state index in [1.165, 1.54) is 5.56 Å². The minimum absolute atomic E-state index is 0.161. The molecule has 0 atom stereocenters. The Morgan fingerprint density at radius 1 is 1.00 bits per heavy atom. The molecule has 0 aliphatic rings. The number of hydrogen-bond acceptors (Lipinski definition) is 2. The summed E-state index contributed by atoms with van der Waals surface area (Å²) in [5, 5.41) is 9.91. The summed E-state index contributed by atoms with van der Waals surface area (Å²) in [5.74, 6) is 0.356. The second-order valence-electron chi connectivity index (χ2n) is 5.36. The zero-order valence-corrected chi connectivity index (χ0v) is 12.6. The van der Waals surface area contributed by atoms with Crippen molar-refractivity contribution in [2.75, 3.05) is 5.32 Å². The van der Waals surface area contributed by atoms with Crippen molar-refractivity contribution in [1.82, 2.24) is 10.2 Å². The Balaban J connectivity index is 1.78. The van der Waals surface area contributed by atoms with Crippen LogP contribution in [0.1, 0.15) is 21.5 Å². The van der Waals surface area contributed by atoms with Gasteiger partial charge in [-0.1, -0.05) is 41.5 Å². The Hall–Kier alpha value is -2.88. The number of amides is 1. The standard InChI is InChI=1S/C18H17N3O/c1-12-5-3-7-14(9-12)16-11-17(21-20-16)19-18(22)15-8-4-6-13(2)10-15/h3-11H,1-2H3,(H2,19,20,21,22). The number of anilines is 1. The number of nitrogens with one attached hydrogen (secondary N) is 2. The maximum Gasteiger partial charge on any atom is 0.256 e. The average Bonchev–Trinajstić information content (AvgIpc) is 2.96.